The zero-order valence-electron chi connectivity index (χ0n) is 13.8. The van der Waals surface area contributed by atoms with Crippen LogP contribution in [0.1, 0.15) is 37.5 Å². The molecule has 122 valence electrons. The van der Waals surface area contributed by atoms with Crippen molar-refractivity contribution in [2.24, 2.45) is 4.99 Å². The molecule has 1 aliphatic heterocycles. The quantitative estimate of drug-likeness (QED) is 0.384. The van der Waals surface area contributed by atoms with Gasteiger partial charge in [-0.15, -0.1) is 0 Å². The first kappa shape index (κ1) is 16.9. The third-order valence-corrected chi connectivity index (χ3v) is 4.44. The molecule has 4 heteroatoms. The number of nitrogens with zero attached hydrogens (tertiary/aromatic N) is 1. The van der Waals surface area contributed by atoms with Crippen LogP contribution < -0.4 is 0 Å². The second-order valence-electron chi connectivity index (χ2n) is 6.72. The number of carbonyl (C=O) groups excluding carboxylic acids is 1. The summed E-state index contributed by atoms with van der Waals surface area (Å²) < 4.78 is 6.37. The molecule has 3 rings (SSSR count). The van der Waals surface area contributed by atoms with E-state index in [1.807, 2.05) is 36.4 Å². The van der Waals surface area contributed by atoms with Crippen molar-refractivity contribution >= 4 is 40.5 Å². The maximum Gasteiger partial charge on any atom is 0.363 e. The van der Waals surface area contributed by atoms with E-state index >= 15 is 0 Å². The van der Waals surface area contributed by atoms with Crippen LogP contribution in [0.25, 0.3) is 6.08 Å². The molecule has 1 aliphatic rings. The summed E-state index contributed by atoms with van der Waals surface area (Å²) >= 11 is 2.22. The molecule has 0 N–H and O–H groups in total. The Morgan fingerprint density at radius 1 is 1.08 bits per heavy atom. The maximum absolute atomic E-state index is 12.1. The van der Waals surface area contributed by atoms with E-state index in [-0.39, 0.29) is 5.41 Å². The predicted molar refractivity (Wildman–Crippen MR) is 105 cm³/mol. The van der Waals surface area contributed by atoms with E-state index in [1.54, 1.807) is 6.08 Å². The highest BCUT2D eigenvalue weighted by Crippen LogP contribution is 2.24. The van der Waals surface area contributed by atoms with Crippen molar-refractivity contribution in [3.8, 4) is 0 Å². The van der Waals surface area contributed by atoms with Crippen LogP contribution in [0.15, 0.2) is 59.2 Å². The highest BCUT2D eigenvalue weighted by atomic mass is 127. The molecule has 24 heavy (non-hydrogen) atoms. The number of rotatable bonds is 2. The van der Waals surface area contributed by atoms with Crippen molar-refractivity contribution in [1.29, 1.82) is 0 Å². The van der Waals surface area contributed by atoms with Gasteiger partial charge in [0.15, 0.2) is 5.70 Å². The summed E-state index contributed by atoms with van der Waals surface area (Å²) in [6, 6.07) is 15.9. The monoisotopic (exact) mass is 431 g/mol. The minimum absolute atomic E-state index is 0.105. The van der Waals surface area contributed by atoms with Gasteiger partial charge in [0.25, 0.3) is 0 Å². The van der Waals surface area contributed by atoms with Gasteiger partial charge in [-0.25, -0.2) is 9.79 Å². The second-order valence-corrected chi connectivity index (χ2v) is 7.96. The van der Waals surface area contributed by atoms with Crippen molar-refractivity contribution in [1.82, 2.24) is 0 Å². The van der Waals surface area contributed by atoms with Gasteiger partial charge in [0.1, 0.15) is 0 Å². The lowest BCUT2D eigenvalue weighted by atomic mass is 9.87. The number of ether oxygens (including phenoxy) is 1. The minimum Gasteiger partial charge on any atom is -0.402 e. The Hall–Kier alpha value is -1.95. The largest absolute Gasteiger partial charge is 0.402 e. The highest BCUT2D eigenvalue weighted by molar-refractivity contribution is 14.1. The van der Waals surface area contributed by atoms with Crippen LogP contribution in [0.4, 0.5) is 0 Å². The topological polar surface area (TPSA) is 38.7 Å². The van der Waals surface area contributed by atoms with Crippen LogP contribution in [-0.4, -0.2) is 11.9 Å². The van der Waals surface area contributed by atoms with Gasteiger partial charge in [-0.3, -0.25) is 0 Å². The van der Waals surface area contributed by atoms with Gasteiger partial charge >= 0.3 is 5.97 Å². The lowest BCUT2D eigenvalue weighted by Gasteiger charge is -2.18. The van der Waals surface area contributed by atoms with Crippen LogP contribution in [0.2, 0.25) is 0 Å². The molecule has 0 aliphatic carbocycles. The number of halogens is 1. The molecule has 0 radical (unpaired) electrons. The van der Waals surface area contributed by atoms with E-state index < -0.39 is 5.97 Å². The first-order valence-corrected chi connectivity index (χ1v) is 8.80. The van der Waals surface area contributed by atoms with Crippen molar-refractivity contribution in [3.05, 3.63) is 74.5 Å². The van der Waals surface area contributed by atoms with E-state index in [2.05, 4.69) is 60.5 Å². The van der Waals surface area contributed by atoms with Crippen molar-refractivity contribution in [2.75, 3.05) is 0 Å². The summed E-state index contributed by atoms with van der Waals surface area (Å²) in [5.74, 6) is -0.0557. The Balaban J connectivity index is 1.88. The molecule has 0 amide bonds. The fraction of sp³-hybridized carbons (Fsp3) is 0.200. The first-order chi connectivity index (χ1) is 11.3. The van der Waals surface area contributed by atoms with Crippen LogP contribution >= 0.6 is 22.6 Å². The number of esters is 1. The van der Waals surface area contributed by atoms with Gasteiger partial charge in [0, 0.05) is 9.13 Å². The Morgan fingerprint density at radius 3 is 2.42 bits per heavy atom. The molecular weight excluding hydrogens is 413 g/mol. The summed E-state index contributed by atoms with van der Waals surface area (Å²) in [4.78, 5) is 16.4. The van der Waals surface area contributed by atoms with Crippen molar-refractivity contribution in [3.63, 3.8) is 0 Å². The van der Waals surface area contributed by atoms with Crippen LogP contribution in [0.5, 0.6) is 0 Å². The van der Waals surface area contributed by atoms with E-state index in [4.69, 9.17) is 4.74 Å². The fourth-order valence-corrected chi connectivity index (χ4v) is 2.93. The molecule has 0 spiro atoms. The zero-order chi connectivity index (χ0) is 17.3. The molecule has 0 bridgehead atoms. The maximum atomic E-state index is 12.1. The first-order valence-electron chi connectivity index (χ1n) is 7.72. The molecular formula is C20H18INO2. The second kappa shape index (κ2) is 6.51. The molecule has 3 nitrogen and oxygen atoms in total. The van der Waals surface area contributed by atoms with Crippen LogP contribution in [-0.2, 0) is 14.9 Å². The lowest BCUT2D eigenvalue weighted by Crippen LogP contribution is -2.10. The molecule has 0 saturated heterocycles. The SMILES string of the molecule is CC(C)(C)c1ccc(C=C2N=C(c3cccc(I)c3)OC2=O)cc1. The van der Waals surface area contributed by atoms with Gasteiger partial charge in [-0.2, -0.15) is 0 Å². The number of cyclic esters (lactones) is 1. The van der Waals surface area contributed by atoms with E-state index in [1.165, 1.54) is 5.56 Å². The zero-order valence-corrected chi connectivity index (χ0v) is 16.0. The van der Waals surface area contributed by atoms with Gasteiger partial charge in [-0.05, 0) is 63.4 Å². The molecule has 1 heterocycles. The molecule has 2 aromatic rings. The predicted octanol–water partition coefficient (Wildman–Crippen LogP) is 4.93. The van der Waals surface area contributed by atoms with E-state index in [9.17, 15) is 4.79 Å². The summed E-state index contributed by atoms with van der Waals surface area (Å²) in [5.41, 5.74) is 3.42. The Morgan fingerprint density at radius 2 is 1.79 bits per heavy atom. The fourth-order valence-electron chi connectivity index (χ4n) is 2.39. The van der Waals surface area contributed by atoms with Crippen LogP contribution in [0.3, 0.4) is 0 Å². The summed E-state index contributed by atoms with van der Waals surface area (Å²) in [6.07, 6.45) is 1.76. The van der Waals surface area contributed by atoms with E-state index in [0.29, 0.717) is 11.6 Å². The van der Waals surface area contributed by atoms with Crippen molar-refractivity contribution in [2.45, 2.75) is 26.2 Å². The molecule has 0 unspecified atom stereocenters. The third-order valence-electron chi connectivity index (χ3n) is 3.77. The standard InChI is InChI=1S/C20H18INO2/c1-20(2,3)15-9-7-13(8-10-15)11-17-19(23)24-18(22-17)14-5-4-6-16(21)12-14/h4-12H,1-3H3. The van der Waals surface area contributed by atoms with E-state index in [0.717, 1.165) is 14.7 Å². The molecule has 0 saturated carbocycles. The Labute approximate surface area is 155 Å². The summed E-state index contributed by atoms with van der Waals surface area (Å²) in [5, 5.41) is 0. The number of carbonyl (C=O) groups is 1. The number of aliphatic imine (C=N–C) groups is 1. The molecule has 0 aromatic heterocycles. The Bertz CT molecular complexity index is 843. The summed E-state index contributed by atoms with van der Waals surface area (Å²) in [7, 11) is 0. The van der Waals surface area contributed by atoms with Gasteiger partial charge < -0.3 is 4.74 Å². The van der Waals surface area contributed by atoms with Gasteiger partial charge in [-0.1, -0.05) is 51.1 Å². The lowest BCUT2D eigenvalue weighted by molar-refractivity contribution is -0.129. The van der Waals surface area contributed by atoms with Gasteiger partial charge in [0.05, 0.1) is 0 Å². The normalized spacial score (nSPS) is 16.2. The highest BCUT2D eigenvalue weighted by Gasteiger charge is 2.24. The minimum atomic E-state index is -0.413. The molecule has 0 fully saturated rings. The van der Waals surface area contributed by atoms with Gasteiger partial charge in [0.2, 0.25) is 5.90 Å². The smallest absolute Gasteiger partial charge is 0.363 e. The third kappa shape index (κ3) is 3.75. The summed E-state index contributed by atoms with van der Waals surface area (Å²) in [6.45, 7) is 6.52. The average Bonchev–Trinajstić information content (AvgIpc) is 2.88. The number of benzene rings is 2. The molecule has 0 atom stereocenters. The van der Waals surface area contributed by atoms with Crippen molar-refractivity contribution < 1.29 is 9.53 Å². The number of hydrogen-bond donors (Lipinski definition) is 0. The number of hydrogen-bond acceptors (Lipinski definition) is 3. The Kier molecular flexibility index (Phi) is 4.58. The average molecular weight is 431 g/mol. The van der Waals surface area contributed by atoms with Crippen LogP contribution in [0, 0.1) is 3.57 Å². The molecule has 2 aromatic carbocycles.